The number of hydrogen-bond donors (Lipinski definition) is 3. The molecule has 5 heteroatoms. The van der Waals surface area contributed by atoms with Crippen molar-refractivity contribution in [2.24, 2.45) is 0 Å². The van der Waals surface area contributed by atoms with Crippen molar-refractivity contribution in [2.75, 3.05) is 16.0 Å². The van der Waals surface area contributed by atoms with Crippen LogP contribution < -0.4 is 16.0 Å². The van der Waals surface area contributed by atoms with Crippen LogP contribution in [0.4, 0.5) is 21.9 Å². The normalized spacial score (nSPS) is 10.0. The van der Waals surface area contributed by atoms with E-state index in [1.54, 1.807) is 6.20 Å². The second kappa shape index (κ2) is 7.78. The second-order valence-corrected chi connectivity index (χ2v) is 5.24. The molecule has 1 heterocycles. The number of rotatable bonds is 5. The molecule has 0 aliphatic heterocycles. The van der Waals surface area contributed by atoms with Gasteiger partial charge in [-0.25, -0.2) is 4.79 Å². The fourth-order valence-electron chi connectivity index (χ4n) is 2.19. The predicted molar refractivity (Wildman–Crippen MR) is 97.1 cm³/mol. The first-order valence-corrected chi connectivity index (χ1v) is 7.65. The van der Waals surface area contributed by atoms with Gasteiger partial charge in [-0.3, -0.25) is 4.98 Å². The SMILES string of the molecule is O=C(Nc1ccccc1)Nc1ccc(NCc2cccnc2)cc1. The first-order valence-electron chi connectivity index (χ1n) is 7.65. The molecule has 0 radical (unpaired) electrons. The van der Waals surface area contributed by atoms with Gasteiger partial charge in [-0.05, 0) is 48.0 Å². The second-order valence-electron chi connectivity index (χ2n) is 5.24. The first-order chi connectivity index (χ1) is 11.8. The van der Waals surface area contributed by atoms with Crippen molar-refractivity contribution >= 4 is 23.1 Å². The molecule has 24 heavy (non-hydrogen) atoms. The number of carbonyl (C=O) groups excluding carboxylic acids is 1. The van der Waals surface area contributed by atoms with E-state index in [-0.39, 0.29) is 6.03 Å². The van der Waals surface area contributed by atoms with Crippen molar-refractivity contribution in [2.45, 2.75) is 6.54 Å². The number of anilines is 3. The molecule has 3 N–H and O–H groups in total. The fourth-order valence-corrected chi connectivity index (χ4v) is 2.19. The molecule has 0 aliphatic carbocycles. The zero-order valence-electron chi connectivity index (χ0n) is 13.1. The lowest BCUT2D eigenvalue weighted by Crippen LogP contribution is -2.19. The molecule has 0 unspecified atom stereocenters. The number of pyridine rings is 1. The van der Waals surface area contributed by atoms with Gasteiger partial charge in [-0.2, -0.15) is 0 Å². The summed E-state index contributed by atoms with van der Waals surface area (Å²) in [7, 11) is 0. The summed E-state index contributed by atoms with van der Waals surface area (Å²) >= 11 is 0. The number of benzene rings is 2. The van der Waals surface area contributed by atoms with Gasteiger partial charge in [0.15, 0.2) is 0 Å². The van der Waals surface area contributed by atoms with Crippen molar-refractivity contribution in [3.63, 3.8) is 0 Å². The average Bonchev–Trinajstić information content (AvgIpc) is 2.63. The summed E-state index contributed by atoms with van der Waals surface area (Å²) in [5, 5.41) is 8.90. The quantitative estimate of drug-likeness (QED) is 0.655. The van der Waals surface area contributed by atoms with Crippen LogP contribution in [0.25, 0.3) is 0 Å². The third kappa shape index (κ3) is 4.58. The molecule has 2 aromatic carbocycles. The van der Waals surface area contributed by atoms with Crippen LogP contribution in [0.15, 0.2) is 79.1 Å². The molecule has 1 aromatic heterocycles. The zero-order chi connectivity index (χ0) is 16.6. The van der Waals surface area contributed by atoms with Crippen molar-refractivity contribution in [3.05, 3.63) is 84.7 Å². The van der Waals surface area contributed by atoms with Crippen LogP contribution in [0.2, 0.25) is 0 Å². The Labute approximate surface area is 140 Å². The lowest BCUT2D eigenvalue weighted by Gasteiger charge is -2.09. The average molecular weight is 318 g/mol. The molecule has 120 valence electrons. The Kier molecular flexibility index (Phi) is 5.04. The third-order valence-corrected chi connectivity index (χ3v) is 3.39. The summed E-state index contributed by atoms with van der Waals surface area (Å²) in [5.41, 5.74) is 3.58. The highest BCUT2D eigenvalue weighted by Crippen LogP contribution is 2.15. The monoisotopic (exact) mass is 318 g/mol. The van der Waals surface area contributed by atoms with Gasteiger partial charge >= 0.3 is 6.03 Å². The van der Waals surface area contributed by atoms with Gasteiger partial charge < -0.3 is 16.0 Å². The number of aromatic nitrogens is 1. The topological polar surface area (TPSA) is 66.1 Å². The summed E-state index contributed by atoms with van der Waals surface area (Å²) < 4.78 is 0. The molecule has 2 amide bonds. The molecule has 3 rings (SSSR count). The summed E-state index contributed by atoms with van der Waals surface area (Å²) in [5.74, 6) is 0. The van der Waals surface area contributed by atoms with Crippen LogP contribution in [0.3, 0.4) is 0 Å². The van der Waals surface area contributed by atoms with Crippen molar-refractivity contribution in [1.29, 1.82) is 0 Å². The van der Waals surface area contributed by atoms with Crippen LogP contribution in [0.5, 0.6) is 0 Å². The van der Waals surface area contributed by atoms with Crippen LogP contribution in [-0.2, 0) is 6.54 Å². The van der Waals surface area contributed by atoms with Gasteiger partial charge in [0.05, 0.1) is 0 Å². The smallest absolute Gasteiger partial charge is 0.323 e. The largest absolute Gasteiger partial charge is 0.381 e. The van der Waals surface area contributed by atoms with Crippen LogP contribution in [0.1, 0.15) is 5.56 Å². The highest BCUT2D eigenvalue weighted by Gasteiger charge is 2.02. The Morgan fingerprint density at radius 3 is 2.12 bits per heavy atom. The predicted octanol–water partition coefficient (Wildman–Crippen LogP) is 4.34. The molecule has 0 spiro atoms. The Morgan fingerprint density at radius 1 is 0.792 bits per heavy atom. The van der Waals surface area contributed by atoms with Gasteiger partial charge in [0.1, 0.15) is 0 Å². The van der Waals surface area contributed by atoms with E-state index in [2.05, 4.69) is 20.9 Å². The summed E-state index contributed by atoms with van der Waals surface area (Å²) in [6.45, 7) is 0.703. The van der Waals surface area contributed by atoms with Crippen LogP contribution in [-0.4, -0.2) is 11.0 Å². The minimum Gasteiger partial charge on any atom is -0.381 e. The molecular formula is C19H18N4O. The zero-order valence-corrected chi connectivity index (χ0v) is 13.1. The maximum Gasteiger partial charge on any atom is 0.323 e. The first kappa shape index (κ1) is 15.6. The maximum atomic E-state index is 11.9. The summed E-state index contributed by atoms with van der Waals surface area (Å²) in [6.07, 6.45) is 3.58. The highest BCUT2D eigenvalue weighted by molar-refractivity contribution is 5.99. The minimum absolute atomic E-state index is 0.266. The number of para-hydroxylation sites is 1. The number of hydrogen-bond acceptors (Lipinski definition) is 3. The maximum absolute atomic E-state index is 11.9. The fraction of sp³-hybridized carbons (Fsp3) is 0.0526. The summed E-state index contributed by atoms with van der Waals surface area (Å²) in [6, 6.07) is 20.6. The molecular weight excluding hydrogens is 300 g/mol. The molecule has 0 saturated heterocycles. The van der Waals surface area contributed by atoms with E-state index < -0.39 is 0 Å². The van der Waals surface area contributed by atoms with E-state index in [1.807, 2.05) is 72.9 Å². The van der Waals surface area contributed by atoms with Gasteiger partial charge in [-0.1, -0.05) is 24.3 Å². The van der Waals surface area contributed by atoms with E-state index in [0.29, 0.717) is 6.54 Å². The van der Waals surface area contributed by atoms with Gasteiger partial charge in [0, 0.05) is 36.0 Å². The Hall–Kier alpha value is -3.34. The van der Waals surface area contributed by atoms with Crippen molar-refractivity contribution in [3.8, 4) is 0 Å². The number of urea groups is 1. The molecule has 0 bridgehead atoms. The van der Waals surface area contributed by atoms with Crippen molar-refractivity contribution < 1.29 is 4.79 Å². The molecule has 5 nitrogen and oxygen atoms in total. The van der Waals surface area contributed by atoms with E-state index in [9.17, 15) is 4.79 Å². The van der Waals surface area contributed by atoms with Gasteiger partial charge in [0.25, 0.3) is 0 Å². The molecule has 0 aliphatic rings. The lowest BCUT2D eigenvalue weighted by atomic mass is 10.2. The van der Waals surface area contributed by atoms with E-state index in [4.69, 9.17) is 0 Å². The standard InChI is InChI=1S/C19H18N4O/c24-19(22-17-6-2-1-3-7-17)23-18-10-8-16(9-11-18)21-14-15-5-4-12-20-13-15/h1-13,21H,14H2,(H2,22,23,24). The molecule has 3 aromatic rings. The van der Waals surface area contributed by atoms with Crippen LogP contribution in [0, 0.1) is 0 Å². The number of nitrogens with zero attached hydrogens (tertiary/aromatic N) is 1. The van der Waals surface area contributed by atoms with Crippen LogP contribution >= 0.6 is 0 Å². The Balaban J connectivity index is 1.51. The minimum atomic E-state index is -0.266. The van der Waals surface area contributed by atoms with Gasteiger partial charge in [-0.15, -0.1) is 0 Å². The lowest BCUT2D eigenvalue weighted by molar-refractivity contribution is 0.262. The Bertz CT molecular complexity index is 773. The number of amides is 2. The van der Waals surface area contributed by atoms with Crippen molar-refractivity contribution in [1.82, 2.24) is 4.98 Å². The van der Waals surface area contributed by atoms with E-state index in [0.717, 1.165) is 22.6 Å². The van der Waals surface area contributed by atoms with E-state index in [1.165, 1.54) is 0 Å². The number of carbonyl (C=O) groups is 1. The highest BCUT2D eigenvalue weighted by atomic mass is 16.2. The molecule has 0 saturated carbocycles. The van der Waals surface area contributed by atoms with Gasteiger partial charge in [0.2, 0.25) is 0 Å². The third-order valence-electron chi connectivity index (χ3n) is 3.39. The Morgan fingerprint density at radius 2 is 1.46 bits per heavy atom. The number of nitrogens with one attached hydrogen (secondary N) is 3. The molecule has 0 atom stereocenters. The molecule has 0 fully saturated rings. The van der Waals surface area contributed by atoms with E-state index >= 15 is 0 Å². The summed E-state index contributed by atoms with van der Waals surface area (Å²) in [4.78, 5) is 16.0.